The first-order valence-corrected chi connectivity index (χ1v) is 8.97. The normalized spacial score (nSPS) is 21.0. The second-order valence-corrected chi connectivity index (χ2v) is 7.01. The van der Waals surface area contributed by atoms with Crippen LogP contribution in [0.15, 0.2) is 18.2 Å². The molecule has 130 valence electrons. The molecule has 2 heterocycles. The molecule has 0 aliphatic carbocycles. The van der Waals surface area contributed by atoms with Gasteiger partial charge in [0.05, 0.1) is 5.92 Å². The van der Waals surface area contributed by atoms with Gasteiger partial charge in [0.15, 0.2) is 0 Å². The van der Waals surface area contributed by atoms with E-state index in [2.05, 4.69) is 42.7 Å². The summed E-state index contributed by atoms with van der Waals surface area (Å²) in [7, 11) is 0. The number of carbonyl (C=O) groups is 2. The largest absolute Gasteiger partial charge is 0.352 e. The topological polar surface area (TPSA) is 61.4 Å². The second-order valence-electron chi connectivity index (χ2n) is 7.01. The zero-order valence-corrected chi connectivity index (χ0v) is 14.6. The van der Waals surface area contributed by atoms with Crippen molar-refractivity contribution in [2.75, 3.05) is 6.54 Å². The Morgan fingerprint density at radius 2 is 2.17 bits per heavy atom. The molecule has 1 saturated heterocycles. The van der Waals surface area contributed by atoms with Crippen LogP contribution in [0, 0.1) is 5.92 Å². The Morgan fingerprint density at radius 3 is 2.96 bits per heavy atom. The number of fused-ring (bicyclic) bond motifs is 1. The Kier molecular flexibility index (Phi) is 5.19. The van der Waals surface area contributed by atoms with Gasteiger partial charge >= 0.3 is 0 Å². The number of carbonyl (C=O) groups excluding carboxylic acids is 2. The SMILES string of the molecule is CCCC(C)N1CC(C(=O)NCc2ccc3c(c2)CNC3)CC1=O. The van der Waals surface area contributed by atoms with Gasteiger partial charge in [-0.1, -0.05) is 31.5 Å². The van der Waals surface area contributed by atoms with Gasteiger partial charge < -0.3 is 15.5 Å². The second kappa shape index (κ2) is 7.34. The maximum atomic E-state index is 12.4. The molecule has 0 spiro atoms. The van der Waals surface area contributed by atoms with Crippen molar-refractivity contribution in [3.8, 4) is 0 Å². The monoisotopic (exact) mass is 329 g/mol. The molecular weight excluding hydrogens is 302 g/mol. The van der Waals surface area contributed by atoms with E-state index in [1.54, 1.807) is 0 Å². The third-order valence-electron chi connectivity index (χ3n) is 5.14. The van der Waals surface area contributed by atoms with Gasteiger partial charge in [-0.25, -0.2) is 0 Å². The number of benzene rings is 1. The molecule has 0 aromatic heterocycles. The maximum absolute atomic E-state index is 12.4. The lowest BCUT2D eigenvalue weighted by atomic mass is 10.1. The molecule has 24 heavy (non-hydrogen) atoms. The molecule has 0 saturated carbocycles. The highest BCUT2D eigenvalue weighted by Crippen LogP contribution is 2.22. The first-order chi connectivity index (χ1) is 11.6. The van der Waals surface area contributed by atoms with Crippen LogP contribution in [-0.2, 0) is 29.2 Å². The summed E-state index contributed by atoms with van der Waals surface area (Å²) in [5.74, 6) is -0.110. The maximum Gasteiger partial charge on any atom is 0.225 e. The van der Waals surface area contributed by atoms with Crippen LogP contribution in [0.3, 0.4) is 0 Å². The van der Waals surface area contributed by atoms with Crippen molar-refractivity contribution in [2.45, 2.75) is 58.8 Å². The molecule has 2 atom stereocenters. The van der Waals surface area contributed by atoms with Gasteiger partial charge in [-0.3, -0.25) is 9.59 Å². The molecule has 0 radical (unpaired) electrons. The molecular formula is C19H27N3O2. The number of nitrogens with one attached hydrogen (secondary N) is 2. The molecule has 1 fully saturated rings. The van der Waals surface area contributed by atoms with Crippen LogP contribution >= 0.6 is 0 Å². The molecule has 2 amide bonds. The van der Waals surface area contributed by atoms with Crippen LogP contribution in [0.5, 0.6) is 0 Å². The fourth-order valence-corrected chi connectivity index (χ4v) is 3.70. The van der Waals surface area contributed by atoms with Gasteiger partial charge in [-0.2, -0.15) is 0 Å². The molecule has 0 bridgehead atoms. The Balaban J connectivity index is 1.53. The number of rotatable bonds is 6. The molecule has 5 heteroatoms. The van der Waals surface area contributed by atoms with Crippen molar-refractivity contribution in [2.24, 2.45) is 5.92 Å². The van der Waals surface area contributed by atoms with Crippen molar-refractivity contribution in [3.05, 3.63) is 34.9 Å². The Morgan fingerprint density at radius 1 is 1.38 bits per heavy atom. The van der Waals surface area contributed by atoms with Gasteiger partial charge in [-0.15, -0.1) is 0 Å². The van der Waals surface area contributed by atoms with Crippen molar-refractivity contribution < 1.29 is 9.59 Å². The molecule has 3 rings (SSSR count). The van der Waals surface area contributed by atoms with E-state index in [1.807, 2.05) is 4.90 Å². The summed E-state index contributed by atoms with van der Waals surface area (Å²) in [6.07, 6.45) is 2.38. The minimum Gasteiger partial charge on any atom is -0.352 e. The third kappa shape index (κ3) is 3.61. The van der Waals surface area contributed by atoms with Gasteiger partial charge in [0.25, 0.3) is 0 Å². The molecule has 1 aromatic rings. The summed E-state index contributed by atoms with van der Waals surface area (Å²) in [6.45, 7) is 7.10. The van der Waals surface area contributed by atoms with Crippen molar-refractivity contribution in [3.63, 3.8) is 0 Å². The van der Waals surface area contributed by atoms with Crippen LogP contribution in [0.2, 0.25) is 0 Å². The first kappa shape index (κ1) is 17.0. The number of hydrogen-bond donors (Lipinski definition) is 2. The van der Waals surface area contributed by atoms with Crippen LogP contribution < -0.4 is 10.6 Å². The average Bonchev–Trinajstić information content (AvgIpc) is 3.18. The van der Waals surface area contributed by atoms with E-state index in [1.165, 1.54) is 11.1 Å². The van der Waals surface area contributed by atoms with Crippen LogP contribution in [0.4, 0.5) is 0 Å². The Labute approximate surface area is 143 Å². The highest BCUT2D eigenvalue weighted by Gasteiger charge is 2.36. The van der Waals surface area contributed by atoms with Crippen molar-refractivity contribution in [1.82, 2.24) is 15.5 Å². The van der Waals surface area contributed by atoms with E-state index in [0.29, 0.717) is 19.5 Å². The highest BCUT2D eigenvalue weighted by molar-refractivity contribution is 5.89. The highest BCUT2D eigenvalue weighted by atomic mass is 16.2. The predicted molar refractivity (Wildman–Crippen MR) is 93.0 cm³/mol. The summed E-state index contributed by atoms with van der Waals surface area (Å²) < 4.78 is 0. The smallest absolute Gasteiger partial charge is 0.225 e. The zero-order valence-electron chi connectivity index (χ0n) is 14.6. The standard InChI is InChI=1S/C19H27N3O2/c1-3-4-13(2)22-12-17(8-18(22)23)19(24)21-9-14-5-6-15-10-20-11-16(15)7-14/h5-7,13,17,20H,3-4,8-12H2,1-2H3,(H,21,24). The van der Waals surface area contributed by atoms with Crippen LogP contribution in [0.1, 0.15) is 49.8 Å². The van der Waals surface area contributed by atoms with E-state index in [4.69, 9.17) is 0 Å². The summed E-state index contributed by atoms with van der Waals surface area (Å²) in [6, 6.07) is 6.58. The van der Waals surface area contributed by atoms with Crippen LogP contribution in [0.25, 0.3) is 0 Å². The summed E-state index contributed by atoms with van der Waals surface area (Å²) in [5.41, 5.74) is 3.77. The summed E-state index contributed by atoms with van der Waals surface area (Å²) >= 11 is 0. The predicted octanol–water partition coefficient (Wildman–Crippen LogP) is 1.94. The van der Waals surface area contributed by atoms with Crippen molar-refractivity contribution >= 4 is 11.8 Å². The fourth-order valence-electron chi connectivity index (χ4n) is 3.70. The van der Waals surface area contributed by atoms with Crippen LogP contribution in [-0.4, -0.2) is 29.3 Å². The number of amides is 2. The number of likely N-dealkylation sites (tertiary alicyclic amines) is 1. The quantitative estimate of drug-likeness (QED) is 0.838. The van der Waals surface area contributed by atoms with E-state index in [0.717, 1.165) is 31.5 Å². The lowest BCUT2D eigenvalue weighted by Gasteiger charge is -2.24. The lowest BCUT2D eigenvalue weighted by Crippen LogP contribution is -2.36. The number of hydrogen-bond acceptors (Lipinski definition) is 3. The lowest BCUT2D eigenvalue weighted by molar-refractivity contribution is -0.130. The molecule has 5 nitrogen and oxygen atoms in total. The average molecular weight is 329 g/mol. The molecule has 2 aliphatic heterocycles. The fraction of sp³-hybridized carbons (Fsp3) is 0.579. The minimum absolute atomic E-state index is 0.00632. The summed E-state index contributed by atoms with van der Waals surface area (Å²) in [5, 5.41) is 6.33. The first-order valence-electron chi connectivity index (χ1n) is 8.97. The number of nitrogens with zero attached hydrogens (tertiary/aromatic N) is 1. The van der Waals surface area contributed by atoms with Crippen molar-refractivity contribution in [1.29, 1.82) is 0 Å². The summed E-state index contributed by atoms with van der Waals surface area (Å²) in [4.78, 5) is 26.4. The third-order valence-corrected chi connectivity index (χ3v) is 5.14. The Hall–Kier alpha value is -1.88. The van der Waals surface area contributed by atoms with Gasteiger partial charge in [0.1, 0.15) is 0 Å². The molecule has 2 N–H and O–H groups in total. The molecule has 2 unspecified atom stereocenters. The molecule has 1 aromatic carbocycles. The van der Waals surface area contributed by atoms with E-state index >= 15 is 0 Å². The van der Waals surface area contributed by atoms with Gasteiger partial charge in [-0.05, 0) is 30.0 Å². The zero-order chi connectivity index (χ0) is 17.1. The Bertz CT molecular complexity index is 629. The molecule has 2 aliphatic rings. The van der Waals surface area contributed by atoms with E-state index < -0.39 is 0 Å². The van der Waals surface area contributed by atoms with E-state index in [-0.39, 0.29) is 23.8 Å². The van der Waals surface area contributed by atoms with E-state index in [9.17, 15) is 9.59 Å². The minimum atomic E-state index is -0.215. The van der Waals surface area contributed by atoms with Gasteiger partial charge in [0, 0.05) is 38.6 Å². The van der Waals surface area contributed by atoms with Gasteiger partial charge in [0.2, 0.25) is 11.8 Å².